The number of ether oxygens (including phenoxy) is 1. The van der Waals surface area contributed by atoms with Crippen LogP contribution in [-0.2, 0) is 16.3 Å². The summed E-state index contributed by atoms with van der Waals surface area (Å²) in [6.45, 7) is 4.30. The molecule has 1 fully saturated rings. The van der Waals surface area contributed by atoms with E-state index in [4.69, 9.17) is 9.72 Å². The molecular formula is C23H32N6O2S. The maximum atomic E-state index is 11.6. The van der Waals surface area contributed by atoms with Crippen LogP contribution in [0.1, 0.15) is 13.3 Å². The standard InChI is InChI=1S/C23H32N6O2S/c1-17(30)28-10-7-18(15-28)26-22-19(6-5-9-24-22)21-14-25-23-20(27-21)8-11-29(23)16-31-12-13-32(2,3)4/h5-6,8-9,11,14,18H,7,10,12-13,15-16H2,1-4H3,(H,24,26)/t18-/m0/s1. The van der Waals surface area contributed by atoms with Crippen LogP contribution in [0.4, 0.5) is 5.82 Å². The van der Waals surface area contributed by atoms with E-state index in [1.165, 1.54) is 0 Å². The number of carbonyl (C=O) groups is 1. The van der Waals surface area contributed by atoms with Crippen LogP contribution in [-0.4, -0.2) is 80.6 Å². The zero-order valence-corrected chi connectivity index (χ0v) is 20.1. The van der Waals surface area contributed by atoms with Gasteiger partial charge in [-0.15, -0.1) is 0 Å². The lowest BCUT2D eigenvalue weighted by molar-refractivity contribution is -0.127. The molecule has 172 valence electrons. The maximum absolute atomic E-state index is 11.6. The van der Waals surface area contributed by atoms with Gasteiger partial charge in [0.1, 0.15) is 18.1 Å². The predicted molar refractivity (Wildman–Crippen MR) is 131 cm³/mol. The first-order valence-corrected chi connectivity index (χ1v) is 13.9. The molecule has 0 radical (unpaired) electrons. The van der Waals surface area contributed by atoms with E-state index in [-0.39, 0.29) is 11.9 Å². The quantitative estimate of drug-likeness (QED) is 0.524. The molecule has 1 N–H and O–H groups in total. The van der Waals surface area contributed by atoms with Crippen molar-refractivity contribution in [1.82, 2.24) is 24.4 Å². The topological polar surface area (TPSA) is 85.2 Å². The van der Waals surface area contributed by atoms with Crippen molar-refractivity contribution in [2.45, 2.75) is 26.1 Å². The molecule has 0 aromatic carbocycles. The second-order valence-electron chi connectivity index (χ2n) is 9.08. The smallest absolute Gasteiger partial charge is 0.219 e. The highest BCUT2D eigenvalue weighted by molar-refractivity contribution is 8.32. The van der Waals surface area contributed by atoms with Crippen molar-refractivity contribution in [2.75, 3.05) is 49.5 Å². The highest BCUT2D eigenvalue weighted by Gasteiger charge is 2.25. The van der Waals surface area contributed by atoms with Crippen LogP contribution in [0, 0.1) is 0 Å². The molecule has 32 heavy (non-hydrogen) atoms. The predicted octanol–water partition coefficient (Wildman–Crippen LogP) is 3.19. The summed E-state index contributed by atoms with van der Waals surface area (Å²) in [6, 6.07) is 6.05. The monoisotopic (exact) mass is 456 g/mol. The Bertz CT molecular complexity index is 1090. The van der Waals surface area contributed by atoms with Gasteiger partial charge in [0, 0.05) is 49.8 Å². The van der Waals surface area contributed by atoms with Crippen molar-refractivity contribution in [1.29, 1.82) is 0 Å². The van der Waals surface area contributed by atoms with Crippen molar-refractivity contribution in [3.8, 4) is 11.3 Å². The van der Waals surface area contributed by atoms with Gasteiger partial charge in [0.25, 0.3) is 0 Å². The van der Waals surface area contributed by atoms with E-state index < -0.39 is 10.0 Å². The first-order valence-electron chi connectivity index (χ1n) is 10.8. The molecule has 4 rings (SSSR count). The van der Waals surface area contributed by atoms with Gasteiger partial charge >= 0.3 is 0 Å². The summed E-state index contributed by atoms with van der Waals surface area (Å²) in [5.41, 5.74) is 3.30. The van der Waals surface area contributed by atoms with Crippen LogP contribution in [0.3, 0.4) is 0 Å². The zero-order chi connectivity index (χ0) is 22.7. The van der Waals surface area contributed by atoms with Crippen molar-refractivity contribution in [3.63, 3.8) is 0 Å². The number of nitrogens with zero attached hydrogens (tertiary/aromatic N) is 5. The van der Waals surface area contributed by atoms with Crippen molar-refractivity contribution in [3.05, 3.63) is 36.8 Å². The third kappa shape index (κ3) is 5.39. The van der Waals surface area contributed by atoms with Crippen LogP contribution >= 0.6 is 10.0 Å². The van der Waals surface area contributed by atoms with Crippen molar-refractivity contribution in [2.24, 2.45) is 0 Å². The normalized spacial score (nSPS) is 17.1. The van der Waals surface area contributed by atoms with Crippen LogP contribution in [0.2, 0.25) is 0 Å². The van der Waals surface area contributed by atoms with Crippen LogP contribution in [0.5, 0.6) is 0 Å². The molecule has 1 saturated heterocycles. The van der Waals surface area contributed by atoms with Gasteiger partial charge in [-0.3, -0.25) is 4.79 Å². The number of carbonyl (C=O) groups excluding carboxylic acids is 1. The first-order chi connectivity index (χ1) is 15.3. The molecule has 3 aromatic heterocycles. The second kappa shape index (κ2) is 9.46. The number of likely N-dealkylation sites (tertiary alicyclic amines) is 1. The van der Waals surface area contributed by atoms with Gasteiger partial charge in [0.15, 0.2) is 5.65 Å². The van der Waals surface area contributed by atoms with Gasteiger partial charge < -0.3 is 19.5 Å². The molecule has 0 bridgehead atoms. The molecule has 1 aliphatic heterocycles. The van der Waals surface area contributed by atoms with Crippen molar-refractivity contribution < 1.29 is 9.53 Å². The van der Waals surface area contributed by atoms with E-state index in [1.54, 1.807) is 19.3 Å². The lowest BCUT2D eigenvalue weighted by atomic mass is 10.1. The molecular weight excluding hydrogens is 424 g/mol. The molecule has 1 amide bonds. The molecule has 0 spiro atoms. The highest BCUT2D eigenvalue weighted by atomic mass is 32.3. The van der Waals surface area contributed by atoms with Gasteiger partial charge in [-0.05, 0) is 43.4 Å². The fourth-order valence-corrected chi connectivity index (χ4v) is 4.37. The molecule has 3 aromatic rings. The molecule has 1 aliphatic rings. The number of hydrogen-bond acceptors (Lipinski definition) is 6. The molecule has 0 saturated carbocycles. The Hall–Kier alpha value is -2.65. The second-order valence-corrected chi connectivity index (χ2v) is 13.7. The third-order valence-corrected chi connectivity index (χ3v) is 6.98. The summed E-state index contributed by atoms with van der Waals surface area (Å²) in [6.07, 6.45) is 13.3. The summed E-state index contributed by atoms with van der Waals surface area (Å²) in [5, 5.41) is 3.50. The minimum Gasteiger partial charge on any atom is -0.365 e. The summed E-state index contributed by atoms with van der Waals surface area (Å²) in [4.78, 5) is 27.5. The van der Waals surface area contributed by atoms with E-state index in [2.05, 4.69) is 34.1 Å². The number of hydrogen-bond donors (Lipinski definition) is 1. The highest BCUT2D eigenvalue weighted by Crippen LogP contribution is 2.33. The van der Waals surface area contributed by atoms with E-state index in [0.717, 1.165) is 53.6 Å². The average molecular weight is 457 g/mol. The number of amides is 1. The Labute approximate surface area is 190 Å². The molecule has 8 nitrogen and oxygen atoms in total. The van der Waals surface area contributed by atoms with Gasteiger partial charge in [-0.2, -0.15) is 0 Å². The zero-order valence-electron chi connectivity index (χ0n) is 19.2. The number of fused-ring (bicyclic) bond motifs is 1. The summed E-state index contributed by atoms with van der Waals surface area (Å²) in [7, 11) is -0.558. The molecule has 4 heterocycles. The van der Waals surface area contributed by atoms with Gasteiger partial charge in [0.2, 0.25) is 5.91 Å². The molecule has 0 aliphatic carbocycles. The molecule has 9 heteroatoms. The summed E-state index contributed by atoms with van der Waals surface area (Å²) < 4.78 is 7.85. The van der Waals surface area contributed by atoms with Gasteiger partial charge in [-0.25, -0.2) is 25.0 Å². The van der Waals surface area contributed by atoms with E-state index in [9.17, 15) is 4.79 Å². The Balaban J connectivity index is 1.48. The van der Waals surface area contributed by atoms with Crippen LogP contribution < -0.4 is 5.32 Å². The number of rotatable bonds is 8. The summed E-state index contributed by atoms with van der Waals surface area (Å²) >= 11 is 0. The third-order valence-electron chi connectivity index (χ3n) is 5.59. The number of nitrogens with one attached hydrogen (secondary N) is 1. The van der Waals surface area contributed by atoms with E-state index >= 15 is 0 Å². The average Bonchev–Trinajstić information content (AvgIpc) is 3.38. The Kier molecular flexibility index (Phi) is 6.66. The first kappa shape index (κ1) is 22.5. The number of aromatic nitrogens is 4. The van der Waals surface area contributed by atoms with Crippen LogP contribution in [0.15, 0.2) is 36.8 Å². The maximum Gasteiger partial charge on any atom is 0.219 e. The fraction of sp³-hybridized carbons (Fsp3) is 0.478. The fourth-order valence-electron chi connectivity index (χ4n) is 3.75. The van der Waals surface area contributed by atoms with E-state index in [0.29, 0.717) is 13.3 Å². The lowest BCUT2D eigenvalue weighted by Gasteiger charge is -2.24. The Morgan fingerprint density at radius 1 is 1.28 bits per heavy atom. The number of anilines is 1. The molecule has 0 unspecified atom stereocenters. The lowest BCUT2D eigenvalue weighted by Crippen LogP contribution is -2.29. The molecule has 1 atom stereocenters. The Morgan fingerprint density at radius 3 is 2.88 bits per heavy atom. The van der Waals surface area contributed by atoms with E-state index in [1.807, 2.05) is 33.9 Å². The SMILES string of the molecule is CC(=O)N1CC[C@H](Nc2ncccc2-c2cnc3c(ccn3COCCS(C)(C)C)n2)C1. The van der Waals surface area contributed by atoms with Gasteiger partial charge in [-0.1, -0.05) is 0 Å². The largest absolute Gasteiger partial charge is 0.365 e. The van der Waals surface area contributed by atoms with Crippen molar-refractivity contribution >= 4 is 32.9 Å². The van der Waals surface area contributed by atoms with Crippen LogP contribution in [0.25, 0.3) is 22.4 Å². The minimum atomic E-state index is -0.558. The Morgan fingerprint density at radius 2 is 2.12 bits per heavy atom. The van der Waals surface area contributed by atoms with Gasteiger partial charge in [0.05, 0.1) is 18.5 Å². The minimum absolute atomic E-state index is 0.111. The summed E-state index contributed by atoms with van der Waals surface area (Å²) in [5.74, 6) is 1.97. The number of pyridine rings is 1.